The van der Waals surface area contributed by atoms with Crippen molar-refractivity contribution in [2.24, 2.45) is 5.41 Å². The van der Waals surface area contributed by atoms with Crippen molar-refractivity contribution in [2.45, 2.75) is 51.5 Å². The highest BCUT2D eigenvalue weighted by Crippen LogP contribution is 2.35. The van der Waals surface area contributed by atoms with Crippen molar-refractivity contribution in [1.82, 2.24) is 5.32 Å². The summed E-state index contributed by atoms with van der Waals surface area (Å²) in [6, 6.07) is -1.35. The maximum atomic E-state index is 12.0. The van der Waals surface area contributed by atoms with Crippen molar-refractivity contribution in [3.05, 3.63) is 0 Å². The number of rotatable bonds is 5. The molecule has 1 saturated carbocycles. The van der Waals surface area contributed by atoms with E-state index in [2.05, 4.69) is 5.32 Å². The Kier molecular flexibility index (Phi) is 4.69. The Balaban J connectivity index is 2.65. The monoisotopic (exact) mass is 257 g/mol. The fourth-order valence-corrected chi connectivity index (χ4v) is 2.27. The number of carboxylic acids is 2. The van der Waals surface area contributed by atoms with Crippen molar-refractivity contribution in [1.29, 1.82) is 0 Å². The molecule has 0 aliphatic heterocycles. The summed E-state index contributed by atoms with van der Waals surface area (Å²) < 4.78 is 0. The molecule has 1 fully saturated rings. The Morgan fingerprint density at radius 2 is 1.72 bits per heavy atom. The van der Waals surface area contributed by atoms with Crippen molar-refractivity contribution in [2.75, 3.05) is 0 Å². The van der Waals surface area contributed by atoms with Crippen LogP contribution in [0.4, 0.5) is 0 Å². The first kappa shape index (κ1) is 14.5. The summed E-state index contributed by atoms with van der Waals surface area (Å²) in [4.78, 5) is 33.5. The predicted molar refractivity (Wildman–Crippen MR) is 63.0 cm³/mol. The molecule has 1 aliphatic carbocycles. The van der Waals surface area contributed by atoms with E-state index in [4.69, 9.17) is 10.2 Å². The van der Waals surface area contributed by atoms with Crippen molar-refractivity contribution in [3.63, 3.8) is 0 Å². The van der Waals surface area contributed by atoms with Crippen LogP contribution in [-0.4, -0.2) is 34.1 Å². The lowest BCUT2D eigenvalue weighted by atomic mass is 9.75. The molecule has 1 amide bonds. The summed E-state index contributed by atoms with van der Waals surface area (Å²) in [6.07, 6.45) is 3.81. The molecule has 6 heteroatoms. The number of aliphatic carboxylic acids is 2. The smallest absolute Gasteiger partial charge is 0.326 e. The first-order valence-electron chi connectivity index (χ1n) is 6.11. The number of carbonyl (C=O) groups is 3. The fraction of sp³-hybridized carbons (Fsp3) is 0.750. The van der Waals surface area contributed by atoms with Crippen molar-refractivity contribution < 1.29 is 24.6 Å². The lowest BCUT2D eigenvalue weighted by molar-refractivity contribution is -0.148. The van der Waals surface area contributed by atoms with Crippen LogP contribution in [0.5, 0.6) is 0 Å². The zero-order valence-electron chi connectivity index (χ0n) is 10.4. The van der Waals surface area contributed by atoms with Gasteiger partial charge in [-0.15, -0.1) is 0 Å². The zero-order chi connectivity index (χ0) is 13.8. The first-order chi connectivity index (χ1) is 8.35. The summed E-state index contributed by atoms with van der Waals surface area (Å²) in [5.41, 5.74) is -0.565. The highest BCUT2D eigenvalue weighted by atomic mass is 16.4. The van der Waals surface area contributed by atoms with Crippen LogP contribution in [0, 0.1) is 5.41 Å². The van der Waals surface area contributed by atoms with E-state index in [1.54, 1.807) is 6.92 Å². The maximum absolute atomic E-state index is 12.0. The molecule has 0 radical (unpaired) electrons. The molecule has 0 saturated heterocycles. The van der Waals surface area contributed by atoms with Crippen LogP contribution in [0.3, 0.4) is 0 Å². The highest BCUT2D eigenvalue weighted by molar-refractivity contribution is 5.89. The molecule has 1 rings (SSSR count). The molecule has 1 atom stereocenters. The number of carbonyl (C=O) groups excluding carboxylic acids is 1. The van der Waals surface area contributed by atoms with E-state index in [-0.39, 0.29) is 5.91 Å². The Morgan fingerprint density at radius 1 is 1.17 bits per heavy atom. The van der Waals surface area contributed by atoms with Gasteiger partial charge in [-0.2, -0.15) is 0 Å². The average molecular weight is 257 g/mol. The highest BCUT2D eigenvalue weighted by Gasteiger charge is 2.36. The van der Waals surface area contributed by atoms with Crippen molar-refractivity contribution in [3.8, 4) is 0 Å². The van der Waals surface area contributed by atoms with Gasteiger partial charge in [0, 0.05) is 5.41 Å². The van der Waals surface area contributed by atoms with E-state index >= 15 is 0 Å². The standard InChI is InChI=1S/C12H19NO5/c1-12(5-3-2-4-6-12)11(18)13-8(10(16)17)7-9(14)15/h8H,2-7H2,1H3,(H,13,18)(H,14,15)(H,16,17). The molecular formula is C12H19NO5. The van der Waals surface area contributed by atoms with Crippen LogP contribution in [0.2, 0.25) is 0 Å². The Bertz CT molecular complexity index is 346. The topological polar surface area (TPSA) is 104 Å². The molecule has 1 unspecified atom stereocenters. The third-order valence-corrected chi connectivity index (χ3v) is 3.49. The van der Waals surface area contributed by atoms with Crippen LogP contribution in [0.15, 0.2) is 0 Å². The molecule has 3 N–H and O–H groups in total. The third-order valence-electron chi connectivity index (χ3n) is 3.49. The summed E-state index contributed by atoms with van der Waals surface area (Å²) in [5, 5.41) is 19.8. The first-order valence-corrected chi connectivity index (χ1v) is 6.11. The lowest BCUT2D eigenvalue weighted by Gasteiger charge is -2.32. The van der Waals surface area contributed by atoms with Crippen LogP contribution in [-0.2, 0) is 14.4 Å². The van der Waals surface area contributed by atoms with Gasteiger partial charge in [0.15, 0.2) is 0 Å². The van der Waals surface area contributed by atoms with Gasteiger partial charge in [0.25, 0.3) is 0 Å². The molecule has 0 spiro atoms. The van der Waals surface area contributed by atoms with E-state index in [0.29, 0.717) is 0 Å². The number of nitrogens with one attached hydrogen (secondary N) is 1. The van der Waals surface area contributed by atoms with Crippen LogP contribution < -0.4 is 5.32 Å². The quantitative estimate of drug-likeness (QED) is 0.681. The molecule has 102 valence electrons. The average Bonchev–Trinajstić information content (AvgIpc) is 2.28. The van der Waals surface area contributed by atoms with Gasteiger partial charge >= 0.3 is 11.9 Å². The molecular weight excluding hydrogens is 238 g/mol. The molecule has 0 aromatic heterocycles. The lowest BCUT2D eigenvalue weighted by Crippen LogP contribution is -2.48. The van der Waals surface area contributed by atoms with E-state index in [0.717, 1.165) is 32.1 Å². The zero-order valence-corrected chi connectivity index (χ0v) is 10.4. The number of hydrogen-bond acceptors (Lipinski definition) is 3. The third kappa shape index (κ3) is 3.72. The number of hydrogen-bond donors (Lipinski definition) is 3. The maximum Gasteiger partial charge on any atom is 0.326 e. The minimum absolute atomic E-state index is 0.351. The molecule has 6 nitrogen and oxygen atoms in total. The molecule has 1 aliphatic rings. The second-order valence-corrected chi connectivity index (χ2v) is 5.08. The van der Waals surface area contributed by atoms with Crippen molar-refractivity contribution >= 4 is 17.8 Å². The van der Waals surface area contributed by atoms with Crippen LogP contribution in [0.25, 0.3) is 0 Å². The molecule has 0 aromatic rings. The molecule has 0 heterocycles. The molecule has 0 aromatic carbocycles. The number of carboxylic acid groups (broad SMARTS) is 2. The van der Waals surface area contributed by atoms with Gasteiger partial charge < -0.3 is 15.5 Å². The van der Waals surface area contributed by atoms with Gasteiger partial charge in [-0.3, -0.25) is 9.59 Å². The largest absolute Gasteiger partial charge is 0.481 e. The summed E-state index contributed by atoms with van der Waals surface area (Å²) in [7, 11) is 0. The van der Waals surface area contributed by atoms with E-state index in [9.17, 15) is 14.4 Å². The minimum atomic E-state index is -1.35. The summed E-state index contributed by atoms with van der Waals surface area (Å²) >= 11 is 0. The normalized spacial score (nSPS) is 19.8. The number of amides is 1. The summed E-state index contributed by atoms with van der Waals surface area (Å²) in [5.74, 6) is -2.91. The summed E-state index contributed by atoms with van der Waals surface area (Å²) in [6.45, 7) is 1.81. The second-order valence-electron chi connectivity index (χ2n) is 5.08. The Hall–Kier alpha value is -1.59. The van der Waals surface area contributed by atoms with Crippen LogP contribution in [0.1, 0.15) is 45.4 Å². The fourth-order valence-electron chi connectivity index (χ4n) is 2.27. The van der Waals surface area contributed by atoms with E-state index < -0.39 is 29.8 Å². The van der Waals surface area contributed by atoms with E-state index in [1.807, 2.05) is 0 Å². The van der Waals surface area contributed by atoms with Gasteiger partial charge in [0.05, 0.1) is 6.42 Å². The SMILES string of the molecule is CC1(C(=O)NC(CC(=O)O)C(=O)O)CCCCC1. The minimum Gasteiger partial charge on any atom is -0.481 e. The predicted octanol–water partition coefficient (Wildman–Crippen LogP) is 1.00. The van der Waals surface area contributed by atoms with E-state index in [1.165, 1.54) is 0 Å². The van der Waals surface area contributed by atoms with Gasteiger partial charge in [-0.1, -0.05) is 26.2 Å². The van der Waals surface area contributed by atoms with Gasteiger partial charge in [0.1, 0.15) is 6.04 Å². The van der Waals surface area contributed by atoms with Gasteiger partial charge in [0.2, 0.25) is 5.91 Å². The molecule has 18 heavy (non-hydrogen) atoms. The Morgan fingerprint density at radius 3 is 2.17 bits per heavy atom. The second kappa shape index (κ2) is 5.84. The van der Waals surface area contributed by atoms with Gasteiger partial charge in [-0.25, -0.2) is 4.79 Å². The van der Waals surface area contributed by atoms with Gasteiger partial charge in [-0.05, 0) is 12.8 Å². The van der Waals surface area contributed by atoms with Crippen LogP contribution >= 0.6 is 0 Å². The Labute approximate surface area is 105 Å². The molecule has 0 bridgehead atoms.